The molecule has 4 aromatic carbocycles. The van der Waals surface area contributed by atoms with Gasteiger partial charge in [-0.1, -0.05) is 93.9 Å². The molecule has 0 atom stereocenters. The summed E-state index contributed by atoms with van der Waals surface area (Å²) in [5, 5.41) is 24.7. The molecule has 24 heteroatoms. The van der Waals surface area contributed by atoms with Crippen LogP contribution in [0.1, 0.15) is 79.4 Å². The van der Waals surface area contributed by atoms with E-state index in [9.17, 15) is 24.3 Å². The third kappa shape index (κ3) is 25.7. The van der Waals surface area contributed by atoms with Crippen molar-refractivity contribution in [3.63, 3.8) is 0 Å². The Morgan fingerprint density at radius 1 is 0.786 bits per heavy atom. The quantitative estimate of drug-likeness (QED) is 0.00525. The molecule has 0 aliphatic carbocycles. The minimum Gasteiger partial charge on any atom is -0.504 e. The van der Waals surface area contributed by atoms with Gasteiger partial charge in [-0.15, -0.1) is 0 Å². The van der Waals surface area contributed by atoms with Crippen molar-refractivity contribution in [2.24, 2.45) is 11.6 Å². The first kappa shape index (κ1) is 71.7. The Hall–Kier alpha value is -6.57. The van der Waals surface area contributed by atoms with E-state index in [2.05, 4.69) is 57.6 Å². The molecule has 0 saturated heterocycles. The minimum absolute atomic E-state index is 0.0578. The molecular formula is C60H85N6O16PS. The monoisotopic (exact) mass is 1210 g/mol. The first-order valence-electron chi connectivity index (χ1n) is 27.8. The highest BCUT2D eigenvalue weighted by Gasteiger charge is 2.24. The van der Waals surface area contributed by atoms with Gasteiger partial charge in [-0.25, -0.2) is 5.84 Å². The summed E-state index contributed by atoms with van der Waals surface area (Å²) >= 11 is 4.30. The Kier molecular flexibility index (Phi) is 35.4. The van der Waals surface area contributed by atoms with Crippen LogP contribution in [0.4, 0.5) is 5.69 Å². The summed E-state index contributed by atoms with van der Waals surface area (Å²) in [6.45, 7) is 10.6. The van der Waals surface area contributed by atoms with E-state index in [1.807, 2.05) is 50.2 Å². The number of nitrogens with zero attached hydrogens (tertiary/aromatic N) is 2. The number of nitrogens with one attached hydrogen (secondary N) is 2. The number of fused-ring (bicyclic) bond motifs is 3. The van der Waals surface area contributed by atoms with Gasteiger partial charge in [0.25, 0.3) is 5.91 Å². The highest BCUT2D eigenvalue weighted by molar-refractivity contribution is 8.06. The molecule has 6 rings (SSSR count). The van der Waals surface area contributed by atoms with Crippen LogP contribution in [0.5, 0.6) is 11.5 Å². The van der Waals surface area contributed by atoms with Crippen molar-refractivity contribution < 1.29 is 71.7 Å². The summed E-state index contributed by atoms with van der Waals surface area (Å²) in [6, 6.07) is 27.1. The van der Waals surface area contributed by atoms with Crippen LogP contribution in [-0.2, 0) is 56.1 Å². The van der Waals surface area contributed by atoms with Gasteiger partial charge in [-0.2, -0.15) is 0 Å². The van der Waals surface area contributed by atoms with E-state index in [0.29, 0.717) is 109 Å². The van der Waals surface area contributed by atoms with Crippen LogP contribution in [0.3, 0.4) is 0 Å². The van der Waals surface area contributed by atoms with E-state index in [4.69, 9.17) is 59.3 Å². The molecule has 0 unspecified atom stereocenters. The molecule has 0 radical (unpaired) electrons. The predicted molar refractivity (Wildman–Crippen MR) is 330 cm³/mol. The number of phenolic OH excluding ortho intramolecular Hbond substituents is 1. The summed E-state index contributed by atoms with van der Waals surface area (Å²) in [5.74, 6) is 6.41. The number of carbonyl (C=O) groups is 3. The number of amides is 2. The number of aliphatic hydroxyl groups is 1. The van der Waals surface area contributed by atoms with Crippen LogP contribution in [-0.4, -0.2) is 156 Å². The minimum atomic E-state index is -3.50. The number of hydrogen-bond donors (Lipinski definition) is 8. The van der Waals surface area contributed by atoms with Crippen molar-refractivity contribution in [3.8, 4) is 22.8 Å². The SMILES string of the molecule is C=CCOc1c(O)ccc2c(=O)cc(-c3ccc(C(=O)NCCOCCOCCOCCOCCOCCN(N)/C4=C(\N)c5ccccc5CN(C)c5ccccc54)cc3)oc12.CC.CO.O=CCCC(=O)NCCCCCCOP(O)(O)=S. The van der Waals surface area contributed by atoms with Gasteiger partial charge in [-0.05, 0) is 60.5 Å². The van der Waals surface area contributed by atoms with E-state index in [0.717, 1.165) is 67.3 Å². The molecule has 2 amide bonds. The summed E-state index contributed by atoms with van der Waals surface area (Å²) in [4.78, 5) is 66.4. The molecule has 0 bridgehead atoms. The predicted octanol–water partition coefficient (Wildman–Crippen LogP) is 6.66. The van der Waals surface area contributed by atoms with Gasteiger partial charge >= 0.3 is 6.72 Å². The lowest BCUT2D eigenvalue weighted by molar-refractivity contribution is -0.122. The van der Waals surface area contributed by atoms with E-state index in [-0.39, 0.29) is 71.5 Å². The number of hydrazine groups is 1. The van der Waals surface area contributed by atoms with Crippen molar-refractivity contribution in [1.82, 2.24) is 15.6 Å². The number of phenols is 1. The standard InChI is InChI=1S/C47H55N5O10.C10H20NO5PS.C2H6.CH4O/c1-3-20-61-46-40(53)17-16-38-41(54)31-42(62-45(38)46)33-12-14-34(15-13-33)47(55)50-18-21-56-23-25-58-27-29-60-30-28-59-26-24-57-22-19-52(49)44-37-10-6-7-11-39(37)51(2)32-35-8-4-5-9-36(35)43(44)48;12-8-5-6-10(13)11-7-3-1-2-4-9-16-17(14,15)18;2*1-2/h3-17,31,53H,1,18-30,32,48-49H2,2H3,(H,50,55);8H,1-7,9H2,(H,11,13)(H2,14,15,18);1-2H3;2H,1H3/b44-43-;;;. The lowest BCUT2D eigenvalue weighted by atomic mass is 9.96. The molecule has 5 aromatic rings. The molecule has 1 aliphatic heterocycles. The number of aromatic hydroxyl groups is 1. The summed E-state index contributed by atoms with van der Waals surface area (Å²) in [7, 11) is 3.07. The molecule has 2 heterocycles. The Morgan fingerprint density at radius 3 is 2.01 bits per heavy atom. The van der Waals surface area contributed by atoms with Crippen LogP contribution >= 0.6 is 6.72 Å². The second-order valence-electron chi connectivity index (χ2n) is 18.0. The second kappa shape index (κ2) is 41.4. The van der Waals surface area contributed by atoms with Crippen molar-refractivity contribution >= 4 is 64.7 Å². The van der Waals surface area contributed by atoms with Crippen LogP contribution < -0.4 is 37.3 Å². The van der Waals surface area contributed by atoms with E-state index in [1.165, 1.54) is 24.3 Å². The zero-order valence-electron chi connectivity index (χ0n) is 48.7. The Balaban J connectivity index is 0.000000715. The van der Waals surface area contributed by atoms with Crippen molar-refractivity contribution in [3.05, 3.63) is 136 Å². The molecule has 22 nitrogen and oxygen atoms in total. The molecule has 1 aromatic heterocycles. The molecule has 462 valence electrons. The number of nitrogens with two attached hydrogens (primary N) is 2. The van der Waals surface area contributed by atoms with Gasteiger partial charge in [-0.3, -0.25) is 14.4 Å². The number of unbranched alkanes of at least 4 members (excludes halogenated alkanes) is 3. The topological polar surface area (TPSA) is 310 Å². The van der Waals surface area contributed by atoms with Gasteiger partial charge in [0.1, 0.15) is 18.7 Å². The van der Waals surface area contributed by atoms with Crippen LogP contribution in [0.15, 0.2) is 113 Å². The van der Waals surface area contributed by atoms with Crippen LogP contribution in [0.2, 0.25) is 0 Å². The third-order valence-electron chi connectivity index (χ3n) is 12.1. The summed E-state index contributed by atoms with van der Waals surface area (Å²) < 4.78 is 44.3. The Morgan fingerprint density at radius 2 is 1.38 bits per heavy atom. The second-order valence-corrected chi connectivity index (χ2v) is 20.7. The first-order valence-corrected chi connectivity index (χ1v) is 30.4. The van der Waals surface area contributed by atoms with Crippen LogP contribution in [0, 0.1) is 0 Å². The lowest BCUT2D eigenvalue weighted by Gasteiger charge is -2.32. The van der Waals surface area contributed by atoms with Crippen LogP contribution in [0.25, 0.3) is 33.7 Å². The maximum atomic E-state index is 12.8. The molecule has 1 aliphatic rings. The highest BCUT2D eigenvalue weighted by Crippen LogP contribution is 2.38. The largest absolute Gasteiger partial charge is 0.504 e. The summed E-state index contributed by atoms with van der Waals surface area (Å²) in [5.41, 5.74) is 13.2. The van der Waals surface area contributed by atoms with E-state index >= 15 is 0 Å². The summed E-state index contributed by atoms with van der Waals surface area (Å²) in [6.07, 6.45) is 6.10. The fourth-order valence-electron chi connectivity index (χ4n) is 8.11. The van der Waals surface area contributed by atoms with Gasteiger partial charge in [0, 0.05) is 80.6 Å². The number of aliphatic hydroxyl groups excluding tert-OH is 1. The smallest absolute Gasteiger partial charge is 0.321 e. The van der Waals surface area contributed by atoms with E-state index in [1.54, 1.807) is 29.3 Å². The molecule has 10 N–H and O–H groups in total. The zero-order valence-corrected chi connectivity index (χ0v) is 50.4. The third-order valence-corrected chi connectivity index (χ3v) is 12.9. The van der Waals surface area contributed by atoms with Gasteiger partial charge in [0.2, 0.25) is 11.7 Å². The number of anilines is 1. The Bertz CT molecular complexity index is 2890. The fraction of sp³-hybridized carbons (Fsp3) is 0.433. The lowest BCUT2D eigenvalue weighted by Crippen LogP contribution is -2.36. The molecule has 84 heavy (non-hydrogen) atoms. The number of benzene rings is 4. The number of aldehydes is 1. The fourth-order valence-corrected chi connectivity index (χ4v) is 8.70. The number of rotatable bonds is 35. The van der Waals surface area contributed by atoms with Gasteiger partial charge in [0.05, 0.1) is 96.0 Å². The normalized spacial score (nSPS) is 12.5. The number of carbonyl (C=O) groups excluding carboxylic acids is 3. The van der Waals surface area contributed by atoms with Crippen molar-refractivity contribution in [2.45, 2.75) is 58.9 Å². The zero-order chi connectivity index (χ0) is 61.5. The first-order chi connectivity index (χ1) is 40.7. The van der Waals surface area contributed by atoms with Gasteiger partial charge in [0.15, 0.2) is 16.8 Å². The molecule has 0 fully saturated rings. The molecule has 0 saturated carbocycles. The number of ether oxygens (including phenoxy) is 6. The van der Waals surface area contributed by atoms with E-state index < -0.39 is 6.72 Å². The average Bonchev–Trinajstić information content (AvgIpc) is 3.21. The average molecular weight is 1210 g/mol. The number of hydrogen-bond acceptors (Lipinski definition) is 19. The molecular weight excluding hydrogens is 1120 g/mol. The maximum Gasteiger partial charge on any atom is 0.321 e. The highest BCUT2D eigenvalue weighted by atomic mass is 32.5. The van der Waals surface area contributed by atoms with Crippen molar-refractivity contribution in [2.75, 3.05) is 118 Å². The maximum absolute atomic E-state index is 12.8. The van der Waals surface area contributed by atoms with Gasteiger partial charge < -0.3 is 88.4 Å². The van der Waals surface area contributed by atoms with Crippen molar-refractivity contribution in [1.29, 1.82) is 0 Å². The molecule has 0 spiro atoms. The number of para-hydroxylation sites is 1. The Labute approximate surface area is 497 Å².